The highest BCUT2D eigenvalue weighted by atomic mass is 16.5. The fraction of sp³-hybridized carbons (Fsp3) is 0.552. The quantitative estimate of drug-likeness (QED) is 0.386. The summed E-state index contributed by atoms with van der Waals surface area (Å²) < 4.78 is 10.7. The Bertz CT molecular complexity index is 1110. The Balaban J connectivity index is 1.70. The van der Waals surface area contributed by atoms with Gasteiger partial charge in [-0.15, -0.1) is 0 Å². The van der Waals surface area contributed by atoms with Crippen molar-refractivity contribution in [2.75, 3.05) is 60.5 Å². The molecule has 3 saturated heterocycles. The van der Waals surface area contributed by atoms with Crippen LogP contribution in [-0.2, 0) is 23.9 Å². The Hall–Kier alpha value is -3.21. The van der Waals surface area contributed by atoms with E-state index in [1.165, 1.54) is 20.6 Å². The number of piperidine rings is 3. The maximum absolute atomic E-state index is 14.9. The smallest absolute Gasteiger partial charge is 0.322 e. The number of hydrogen-bond donors (Lipinski definition) is 0. The molecule has 0 radical (unpaired) electrons. The van der Waals surface area contributed by atoms with Crippen LogP contribution in [0.2, 0.25) is 0 Å². The molecule has 5 heterocycles. The molecule has 3 aliphatic heterocycles. The summed E-state index contributed by atoms with van der Waals surface area (Å²) >= 11 is 0. The number of carbonyl (C=O) groups excluding carboxylic acids is 3. The second-order valence-electron chi connectivity index (χ2n) is 10.8. The maximum Gasteiger partial charge on any atom is 0.322 e. The Morgan fingerprint density at radius 1 is 0.821 bits per heavy atom. The van der Waals surface area contributed by atoms with Crippen LogP contribution in [0.4, 0.5) is 0 Å². The number of methoxy groups -OCH3 is 2. The first-order valence-electron chi connectivity index (χ1n) is 13.6. The molecule has 4 atom stereocenters. The summed E-state index contributed by atoms with van der Waals surface area (Å²) in [5.41, 5.74) is -2.29. The van der Waals surface area contributed by atoms with E-state index in [9.17, 15) is 14.4 Å². The third-order valence-corrected chi connectivity index (χ3v) is 8.72. The van der Waals surface area contributed by atoms with Gasteiger partial charge in [0.2, 0.25) is 0 Å². The van der Waals surface area contributed by atoms with Crippen LogP contribution in [0.3, 0.4) is 0 Å². The van der Waals surface area contributed by atoms with Gasteiger partial charge >= 0.3 is 11.9 Å². The van der Waals surface area contributed by atoms with Crippen molar-refractivity contribution in [1.29, 1.82) is 0 Å². The van der Waals surface area contributed by atoms with Gasteiger partial charge in [0, 0.05) is 38.6 Å². The summed E-state index contributed by atoms with van der Waals surface area (Å²) in [6.07, 6.45) is 6.84. The number of ketones is 1. The highest BCUT2D eigenvalue weighted by Crippen LogP contribution is 2.60. The number of Topliss-reactive ketones (excluding diaryl/α,β-unsaturated/α-hetero) is 1. The van der Waals surface area contributed by atoms with E-state index >= 15 is 0 Å². The van der Waals surface area contributed by atoms with Crippen molar-refractivity contribution in [3.8, 4) is 0 Å². The van der Waals surface area contributed by atoms with E-state index in [-0.39, 0.29) is 13.1 Å². The zero-order valence-electron chi connectivity index (χ0n) is 22.9. The number of nitrogens with zero attached hydrogens (tertiary/aromatic N) is 5. The minimum atomic E-state index is -1.70. The molecule has 5 rings (SSSR count). The zero-order chi connectivity index (χ0) is 27.6. The fourth-order valence-corrected chi connectivity index (χ4v) is 7.09. The average Bonchev–Trinajstić information content (AvgIpc) is 2.98. The molecule has 3 fully saturated rings. The van der Waals surface area contributed by atoms with Crippen molar-refractivity contribution in [3.63, 3.8) is 0 Å². The van der Waals surface area contributed by atoms with E-state index in [1.54, 1.807) is 24.5 Å². The maximum atomic E-state index is 14.9. The van der Waals surface area contributed by atoms with Crippen LogP contribution in [0, 0.1) is 10.8 Å². The number of ether oxygens (including phenoxy) is 2. The molecule has 2 aromatic rings. The number of aromatic nitrogens is 2. The van der Waals surface area contributed by atoms with Crippen molar-refractivity contribution in [2.45, 2.75) is 31.3 Å². The van der Waals surface area contributed by atoms with Crippen LogP contribution in [0.1, 0.15) is 42.7 Å². The first-order valence-corrected chi connectivity index (χ1v) is 13.6. The molecule has 0 amide bonds. The first kappa shape index (κ1) is 27.4. The Labute approximate surface area is 229 Å². The standard InChI is InChI=1S/C29H37N5O5/c1-32-23(21-11-5-7-13-30-21)28(26(36)38-2)19-34(18-17-33-15-9-4-10-16-33)20-29(25(28)35,27(37)39-3)24(32)22-12-6-8-14-31-22/h5-8,11-14,23-24H,4,9-10,15-20H2,1-3H3/t23-,24+,28?,29?. The molecule has 0 spiro atoms. The zero-order valence-corrected chi connectivity index (χ0v) is 22.9. The van der Waals surface area contributed by atoms with Gasteiger partial charge in [-0.05, 0) is 57.2 Å². The number of carbonyl (C=O) groups is 3. The van der Waals surface area contributed by atoms with Crippen LogP contribution in [0.25, 0.3) is 0 Å². The van der Waals surface area contributed by atoms with E-state index < -0.39 is 40.6 Å². The Kier molecular flexibility index (Phi) is 7.80. The molecule has 2 bridgehead atoms. The van der Waals surface area contributed by atoms with Crippen molar-refractivity contribution < 1.29 is 23.9 Å². The van der Waals surface area contributed by atoms with Gasteiger partial charge in [-0.1, -0.05) is 18.6 Å². The summed E-state index contributed by atoms with van der Waals surface area (Å²) in [6, 6.07) is 9.29. The third-order valence-electron chi connectivity index (χ3n) is 8.72. The third kappa shape index (κ3) is 4.44. The lowest BCUT2D eigenvalue weighted by Crippen LogP contribution is -2.75. The van der Waals surface area contributed by atoms with Crippen molar-refractivity contribution >= 4 is 17.7 Å². The Morgan fingerprint density at radius 3 is 1.74 bits per heavy atom. The molecule has 2 aromatic heterocycles. The molecule has 0 aliphatic carbocycles. The lowest BCUT2D eigenvalue weighted by molar-refractivity contribution is -0.204. The van der Waals surface area contributed by atoms with Crippen molar-refractivity contribution in [2.24, 2.45) is 10.8 Å². The number of likely N-dealkylation sites (tertiary alicyclic amines) is 3. The van der Waals surface area contributed by atoms with Gasteiger partial charge in [-0.3, -0.25) is 34.2 Å². The minimum Gasteiger partial charge on any atom is -0.468 e. The topological polar surface area (TPSA) is 105 Å². The molecule has 0 aromatic carbocycles. The molecule has 208 valence electrons. The lowest BCUT2D eigenvalue weighted by Gasteiger charge is -2.60. The van der Waals surface area contributed by atoms with E-state index in [0.717, 1.165) is 32.5 Å². The normalized spacial score (nSPS) is 30.1. The SMILES string of the molecule is COC(=O)C12CN(CCN3CCCCC3)CC(C(=O)OC)(C1=O)[C@@H](c1ccccn1)N(C)[C@H]2c1ccccn1. The monoisotopic (exact) mass is 535 g/mol. The first-order chi connectivity index (χ1) is 18.9. The summed E-state index contributed by atoms with van der Waals surface area (Å²) in [5, 5.41) is 0. The van der Waals surface area contributed by atoms with Crippen molar-refractivity contribution in [1.82, 2.24) is 24.7 Å². The van der Waals surface area contributed by atoms with Crippen molar-refractivity contribution in [3.05, 3.63) is 60.2 Å². The molecule has 10 nitrogen and oxygen atoms in total. The van der Waals surface area contributed by atoms with Gasteiger partial charge in [0.05, 0.1) is 37.7 Å². The number of pyridine rings is 2. The van der Waals surface area contributed by atoms with Gasteiger partial charge in [-0.25, -0.2) is 0 Å². The van der Waals surface area contributed by atoms with Crippen LogP contribution >= 0.6 is 0 Å². The molecule has 2 unspecified atom stereocenters. The van der Waals surface area contributed by atoms with Crippen LogP contribution in [-0.4, -0.2) is 103 Å². The Morgan fingerprint density at radius 2 is 1.31 bits per heavy atom. The van der Waals surface area contributed by atoms with Gasteiger partial charge in [0.25, 0.3) is 0 Å². The average molecular weight is 536 g/mol. The van der Waals surface area contributed by atoms with E-state index in [1.807, 2.05) is 36.2 Å². The molecular formula is C29H37N5O5. The summed E-state index contributed by atoms with van der Waals surface area (Å²) in [4.78, 5) is 58.2. The summed E-state index contributed by atoms with van der Waals surface area (Å²) in [6.45, 7) is 3.65. The number of fused-ring (bicyclic) bond motifs is 2. The molecule has 0 N–H and O–H groups in total. The lowest BCUT2D eigenvalue weighted by atomic mass is 9.54. The van der Waals surface area contributed by atoms with Crippen LogP contribution in [0.15, 0.2) is 48.8 Å². The number of hydrogen-bond acceptors (Lipinski definition) is 10. The summed E-state index contributed by atoms with van der Waals surface area (Å²) in [5.74, 6) is -1.84. The molecule has 10 heteroatoms. The number of esters is 2. The van der Waals surface area contributed by atoms with Gasteiger partial charge in [-0.2, -0.15) is 0 Å². The predicted octanol–water partition coefficient (Wildman–Crippen LogP) is 1.89. The molecule has 39 heavy (non-hydrogen) atoms. The molecule has 0 saturated carbocycles. The second-order valence-corrected chi connectivity index (χ2v) is 10.8. The highest BCUT2D eigenvalue weighted by molar-refractivity contribution is 6.17. The second kappa shape index (κ2) is 11.1. The van der Waals surface area contributed by atoms with Crippen LogP contribution < -0.4 is 0 Å². The fourth-order valence-electron chi connectivity index (χ4n) is 7.09. The van der Waals surface area contributed by atoms with E-state index in [2.05, 4.69) is 19.8 Å². The molecular weight excluding hydrogens is 498 g/mol. The van der Waals surface area contributed by atoms with Gasteiger partial charge < -0.3 is 14.4 Å². The van der Waals surface area contributed by atoms with Gasteiger partial charge in [0.1, 0.15) is 0 Å². The minimum absolute atomic E-state index is 0.117. The largest absolute Gasteiger partial charge is 0.468 e. The predicted molar refractivity (Wildman–Crippen MR) is 142 cm³/mol. The van der Waals surface area contributed by atoms with E-state index in [4.69, 9.17) is 9.47 Å². The van der Waals surface area contributed by atoms with E-state index in [0.29, 0.717) is 17.9 Å². The van der Waals surface area contributed by atoms with Crippen LogP contribution in [0.5, 0.6) is 0 Å². The highest BCUT2D eigenvalue weighted by Gasteiger charge is 2.75. The van der Waals surface area contributed by atoms with Gasteiger partial charge in [0.15, 0.2) is 16.6 Å². The number of rotatable bonds is 7. The molecule has 3 aliphatic rings. The summed E-state index contributed by atoms with van der Waals surface area (Å²) in [7, 11) is 4.40.